The largest absolute Gasteiger partial charge is 0.445 e. The van der Waals surface area contributed by atoms with Gasteiger partial charge in [0.2, 0.25) is 0 Å². The second-order valence-corrected chi connectivity index (χ2v) is 3.96. The Hall–Kier alpha value is -1.59. The Kier molecular flexibility index (Phi) is 7.59. The number of benzene rings is 1. The lowest BCUT2D eigenvalue weighted by molar-refractivity contribution is 0.139. The summed E-state index contributed by atoms with van der Waals surface area (Å²) in [5, 5.41) is 11.0. The molecule has 1 aromatic rings. The van der Waals surface area contributed by atoms with Crippen molar-refractivity contribution in [3.63, 3.8) is 0 Å². The average molecular weight is 252 g/mol. The molecule has 0 aliphatic rings. The Morgan fingerprint density at radius 3 is 2.56 bits per heavy atom. The smallest absolute Gasteiger partial charge is 0.407 e. The Morgan fingerprint density at radius 1 is 1.11 bits per heavy atom. The maximum atomic E-state index is 11.3. The first-order chi connectivity index (χ1) is 8.83. The fourth-order valence-electron chi connectivity index (χ4n) is 1.47. The fraction of sp³-hybridized carbons (Fsp3) is 0.462. The van der Waals surface area contributed by atoms with E-state index in [-0.39, 0.29) is 6.09 Å². The van der Waals surface area contributed by atoms with Crippen molar-refractivity contribution in [2.45, 2.75) is 25.9 Å². The van der Waals surface area contributed by atoms with Gasteiger partial charge < -0.3 is 15.3 Å². The van der Waals surface area contributed by atoms with Gasteiger partial charge in [0, 0.05) is 13.1 Å². The summed E-state index contributed by atoms with van der Waals surface area (Å²) in [6.07, 6.45) is 2.32. The van der Waals surface area contributed by atoms with Crippen LogP contribution >= 0.6 is 0 Å². The predicted molar refractivity (Wildman–Crippen MR) is 68.3 cm³/mol. The van der Waals surface area contributed by atoms with Gasteiger partial charge in [-0.15, -0.1) is 0 Å². The molecule has 3 N–H and O–H groups in total. The van der Waals surface area contributed by atoms with Gasteiger partial charge in [-0.05, 0) is 18.4 Å². The van der Waals surface area contributed by atoms with Crippen LogP contribution in [0.25, 0.3) is 0 Å². The molecule has 5 nitrogen and oxygen atoms in total. The van der Waals surface area contributed by atoms with Crippen LogP contribution in [0, 0.1) is 0 Å². The highest BCUT2D eigenvalue weighted by Gasteiger charge is 2.01. The Balaban J connectivity index is 2.01. The molecule has 0 radical (unpaired) electrons. The predicted octanol–water partition coefficient (Wildman–Crippen LogP) is 2.06. The third kappa shape index (κ3) is 6.88. The molecule has 100 valence electrons. The highest BCUT2D eigenvalue weighted by Crippen LogP contribution is 2.00. The molecule has 0 aromatic heterocycles. The minimum absolute atomic E-state index is 0.293. The van der Waals surface area contributed by atoms with Crippen molar-refractivity contribution < 1.29 is 14.7 Å². The van der Waals surface area contributed by atoms with E-state index in [0.717, 1.165) is 24.8 Å². The monoisotopic (exact) mass is 252 g/mol. The maximum Gasteiger partial charge on any atom is 0.407 e. The minimum Gasteiger partial charge on any atom is -0.445 e. The first-order valence-corrected chi connectivity index (χ1v) is 6.14. The van der Waals surface area contributed by atoms with Gasteiger partial charge in [-0.2, -0.15) is 0 Å². The van der Waals surface area contributed by atoms with Gasteiger partial charge >= 0.3 is 6.09 Å². The van der Waals surface area contributed by atoms with Crippen molar-refractivity contribution in [3.05, 3.63) is 35.9 Å². The number of carbonyl (C=O) groups is 1. The van der Waals surface area contributed by atoms with Crippen LogP contribution in [0.1, 0.15) is 24.8 Å². The second kappa shape index (κ2) is 9.44. The fourth-order valence-corrected chi connectivity index (χ4v) is 1.47. The van der Waals surface area contributed by atoms with E-state index in [9.17, 15) is 4.79 Å². The van der Waals surface area contributed by atoms with E-state index in [1.165, 1.54) is 0 Å². The van der Waals surface area contributed by atoms with E-state index < -0.39 is 0 Å². The molecule has 1 rings (SSSR count). The lowest BCUT2D eigenvalue weighted by atomic mass is 10.2. The molecule has 0 saturated carbocycles. The summed E-state index contributed by atoms with van der Waals surface area (Å²) in [6.45, 7) is 1.47. The quantitative estimate of drug-likeness (QED) is 0.489. The summed E-state index contributed by atoms with van der Waals surface area (Å²) in [5.41, 5.74) is 3.07. The van der Waals surface area contributed by atoms with Crippen LogP contribution in [-0.4, -0.2) is 24.4 Å². The molecular formula is C13H20N2O3. The molecule has 0 atom stereocenters. The van der Waals surface area contributed by atoms with Crippen molar-refractivity contribution in [1.82, 2.24) is 10.8 Å². The lowest BCUT2D eigenvalue weighted by Crippen LogP contribution is -2.25. The zero-order valence-corrected chi connectivity index (χ0v) is 10.4. The van der Waals surface area contributed by atoms with E-state index >= 15 is 0 Å². The number of hydroxylamine groups is 1. The number of hydrogen-bond acceptors (Lipinski definition) is 4. The second-order valence-electron chi connectivity index (χ2n) is 3.96. The number of unbranched alkanes of at least 4 members (excludes halogenated alkanes) is 2. The summed E-state index contributed by atoms with van der Waals surface area (Å²) in [6, 6.07) is 9.56. The average Bonchev–Trinajstić information content (AvgIpc) is 2.41. The van der Waals surface area contributed by atoms with Crippen molar-refractivity contribution >= 4 is 6.09 Å². The van der Waals surface area contributed by atoms with Crippen LogP contribution in [0.3, 0.4) is 0 Å². The number of alkyl carbamates (subject to hydrolysis) is 1. The van der Waals surface area contributed by atoms with Crippen molar-refractivity contribution in [2.75, 3.05) is 13.1 Å². The molecule has 1 aromatic carbocycles. The van der Waals surface area contributed by atoms with Crippen LogP contribution in [0.15, 0.2) is 30.3 Å². The van der Waals surface area contributed by atoms with Crippen molar-refractivity contribution in [2.24, 2.45) is 0 Å². The standard InChI is InChI=1S/C13H20N2O3/c16-13(14-9-5-2-6-10-15-17)18-11-12-7-3-1-4-8-12/h1,3-4,7-8,15,17H,2,5-6,9-11H2,(H,14,16). The summed E-state index contributed by atoms with van der Waals surface area (Å²) >= 11 is 0. The van der Waals surface area contributed by atoms with Crippen LogP contribution in [0.2, 0.25) is 0 Å². The van der Waals surface area contributed by atoms with Gasteiger partial charge in [-0.1, -0.05) is 36.8 Å². The van der Waals surface area contributed by atoms with E-state index in [1.54, 1.807) is 0 Å². The van der Waals surface area contributed by atoms with Gasteiger partial charge in [0.25, 0.3) is 0 Å². The normalized spacial score (nSPS) is 10.1. The first kappa shape index (κ1) is 14.5. The molecule has 0 aliphatic heterocycles. The Morgan fingerprint density at radius 2 is 1.83 bits per heavy atom. The third-order valence-corrected chi connectivity index (χ3v) is 2.45. The molecule has 0 saturated heterocycles. The molecule has 0 heterocycles. The highest BCUT2D eigenvalue weighted by molar-refractivity contribution is 5.67. The lowest BCUT2D eigenvalue weighted by Gasteiger charge is -2.06. The van der Waals surface area contributed by atoms with Crippen LogP contribution in [0.5, 0.6) is 0 Å². The molecule has 18 heavy (non-hydrogen) atoms. The van der Waals surface area contributed by atoms with E-state index in [0.29, 0.717) is 19.7 Å². The third-order valence-electron chi connectivity index (χ3n) is 2.45. The SMILES string of the molecule is O=C(NCCCCCNO)OCc1ccccc1. The summed E-state index contributed by atoms with van der Waals surface area (Å²) < 4.78 is 5.05. The Labute approximate surface area is 107 Å². The van der Waals surface area contributed by atoms with Crippen LogP contribution in [-0.2, 0) is 11.3 Å². The maximum absolute atomic E-state index is 11.3. The van der Waals surface area contributed by atoms with E-state index in [2.05, 4.69) is 10.8 Å². The molecule has 0 bridgehead atoms. The topological polar surface area (TPSA) is 70.6 Å². The van der Waals surface area contributed by atoms with E-state index in [1.807, 2.05) is 30.3 Å². The Bertz CT molecular complexity index is 330. The van der Waals surface area contributed by atoms with Crippen LogP contribution in [0.4, 0.5) is 4.79 Å². The molecule has 1 amide bonds. The number of rotatable bonds is 8. The van der Waals surface area contributed by atoms with E-state index in [4.69, 9.17) is 9.94 Å². The van der Waals surface area contributed by atoms with Gasteiger partial charge in [-0.25, -0.2) is 10.3 Å². The number of amides is 1. The highest BCUT2D eigenvalue weighted by atomic mass is 16.5. The first-order valence-electron chi connectivity index (χ1n) is 6.14. The minimum atomic E-state index is -0.390. The molecule has 5 heteroatoms. The van der Waals surface area contributed by atoms with Gasteiger partial charge in [0.1, 0.15) is 6.61 Å². The summed E-state index contributed by atoms with van der Waals surface area (Å²) in [5.74, 6) is 0. The summed E-state index contributed by atoms with van der Waals surface area (Å²) in [4.78, 5) is 11.3. The van der Waals surface area contributed by atoms with Crippen molar-refractivity contribution in [3.8, 4) is 0 Å². The number of ether oxygens (including phenoxy) is 1. The molecule has 0 unspecified atom stereocenters. The molecular weight excluding hydrogens is 232 g/mol. The molecule has 0 spiro atoms. The number of nitrogens with one attached hydrogen (secondary N) is 2. The summed E-state index contributed by atoms with van der Waals surface area (Å²) in [7, 11) is 0. The van der Waals surface area contributed by atoms with Gasteiger partial charge in [0.15, 0.2) is 0 Å². The molecule has 0 fully saturated rings. The van der Waals surface area contributed by atoms with Gasteiger partial charge in [0.05, 0.1) is 0 Å². The zero-order valence-electron chi connectivity index (χ0n) is 10.4. The number of carbonyl (C=O) groups excluding carboxylic acids is 1. The van der Waals surface area contributed by atoms with Gasteiger partial charge in [-0.3, -0.25) is 0 Å². The number of hydrogen-bond donors (Lipinski definition) is 3. The molecule has 0 aliphatic carbocycles. The van der Waals surface area contributed by atoms with Crippen LogP contribution < -0.4 is 10.8 Å². The van der Waals surface area contributed by atoms with Crippen molar-refractivity contribution in [1.29, 1.82) is 0 Å². The zero-order chi connectivity index (χ0) is 13.1.